The molecule has 1 aromatic carbocycles. The van der Waals surface area contributed by atoms with Crippen molar-refractivity contribution in [1.82, 2.24) is 20.2 Å². The van der Waals surface area contributed by atoms with Crippen molar-refractivity contribution in [2.75, 3.05) is 19.7 Å². The van der Waals surface area contributed by atoms with Gasteiger partial charge in [0.05, 0.1) is 25.5 Å². The summed E-state index contributed by atoms with van der Waals surface area (Å²) in [4.78, 5) is 8.69. The number of aromatic nitrogens is 2. The summed E-state index contributed by atoms with van der Waals surface area (Å²) in [6.45, 7) is 11.6. The Labute approximate surface area is 156 Å². The fourth-order valence-corrected chi connectivity index (χ4v) is 2.42. The van der Waals surface area contributed by atoms with Crippen molar-refractivity contribution in [2.24, 2.45) is 10.9 Å². The molecule has 2 rings (SSSR count). The van der Waals surface area contributed by atoms with E-state index in [-0.39, 0.29) is 6.04 Å². The van der Waals surface area contributed by atoms with Crippen LogP contribution in [0.15, 0.2) is 48.0 Å². The maximum Gasteiger partial charge on any atom is 0.191 e. The zero-order valence-corrected chi connectivity index (χ0v) is 16.3. The van der Waals surface area contributed by atoms with Crippen molar-refractivity contribution < 1.29 is 4.74 Å². The highest BCUT2D eigenvalue weighted by molar-refractivity contribution is 5.80. The van der Waals surface area contributed by atoms with Gasteiger partial charge in [-0.3, -0.25) is 4.99 Å². The number of nitrogens with zero attached hydrogens (tertiary/aromatic N) is 3. The van der Waals surface area contributed by atoms with Crippen LogP contribution in [0.2, 0.25) is 0 Å². The standard InChI is InChI=1S/C20H31N5O/c1-5-22-20(23-11-13-25-12-10-21-15-25)24-17(4)18-6-8-19(9-7-18)26-14-16(2)3/h6-10,12,15-17H,5,11,13-14H2,1-4H3,(H2,22,23,24). The van der Waals surface area contributed by atoms with Gasteiger partial charge in [-0.1, -0.05) is 26.0 Å². The number of aliphatic imine (C=N–C) groups is 1. The molecule has 0 radical (unpaired) electrons. The van der Waals surface area contributed by atoms with Crippen LogP contribution in [0, 0.1) is 5.92 Å². The van der Waals surface area contributed by atoms with Crippen molar-refractivity contribution in [2.45, 2.75) is 40.3 Å². The predicted octanol–water partition coefficient (Wildman–Crippen LogP) is 3.23. The highest BCUT2D eigenvalue weighted by Gasteiger charge is 2.08. The molecule has 142 valence electrons. The molecule has 0 bridgehead atoms. The predicted molar refractivity (Wildman–Crippen MR) is 107 cm³/mol. The second-order valence-electron chi connectivity index (χ2n) is 6.70. The van der Waals surface area contributed by atoms with Gasteiger partial charge in [-0.15, -0.1) is 0 Å². The molecule has 2 N–H and O–H groups in total. The highest BCUT2D eigenvalue weighted by Crippen LogP contribution is 2.18. The molecule has 6 nitrogen and oxygen atoms in total. The van der Waals surface area contributed by atoms with Gasteiger partial charge in [0.2, 0.25) is 0 Å². The molecule has 2 aromatic rings. The highest BCUT2D eigenvalue weighted by atomic mass is 16.5. The van der Waals surface area contributed by atoms with Crippen molar-refractivity contribution in [3.05, 3.63) is 48.5 Å². The molecule has 1 aromatic heterocycles. The quantitative estimate of drug-likeness (QED) is 0.534. The van der Waals surface area contributed by atoms with Crippen LogP contribution in [0.4, 0.5) is 0 Å². The number of benzene rings is 1. The first kappa shape index (κ1) is 19.8. The Balaban J connectivity index is 1.90. The molecule has 1 atom stereocenters. The van der Waals surface area contributed by atoms with E-state index in [1.807, 2.05) is 22.9 Å². The third-order valence-corrected chi connectivity index (χ3v) is 3.85. The van der Waals surface area contributed by atoms with E-state index in [2.05, 4.69) is 60.4 Å². The average molecular weight is 358 g/mol. The first-order valence-electron chi connectivity index (χ1n) is 9.31. The summed E-state index contributed by atoms with van der Waals surface area (Å²) in [5, 5.41) is 6.75. The maximum atomic E-state index is 5.75. The van der Waals surface area contributed by atoms with Crippen molar-refractivity contribution in [3.63, 3.8) is 0 Å². The first-order valence-corrected chi connectivity index (χ1v) is 9.31. The Morgan fingerprint density at radius 2 is 2.00 bits per heavy atom. The van der Waals surface area contributed by atoms with Crippen LogP contribution in [0.1, 0.15) is 39.3 Å². The number of imidazole rings is 1. The lowest BCUT2D eigenvalue weighted by Crippen LogP contribution is -2.39. The van der Waals surface area contributed by atoms with E-state index < -0.39 is 0 Å². The van der Waals surface area contributed by atoms with Crippen LogP contribution in [-0.4, -0.2) is 35.2 Å². The van der Waals surface area contributed by atoms with E-state index in [4.69, 9.17) is 4.74 Å². The third kappa shape index (κ3) is 6.78. The van der Waals surface area contributed by atoms with Gasteiger partial charge < -0.3 is 19.9 Å². The molecule has 0 amide bonds. The molecule has 0 aliphatic heterocycles. The van der Waals surface area contributed by atoms with Gasteiger partial charge in [-0.2, -0.15) is 0 Å². The number of hydrogen-bond donors (Lipinski definition) is 2. The smallest absolute Gasteiger partial charge is 0.191 e. The number of ether oxygens (including phenoxy) is 1. The molecule has 0 fully saturated rings. The lowest BCUT2D eigenvalue weighted by Gasteiger charge is -2.19. The van der Waals surface area contributed by atoms with Gasteiger partial charge in [0.25, 0.3) is 0 Å². The number of rotatable bonds is 9. The van der Waals surface area contributed by atoms with Crippen LogP contribution < -0.4 is 15.4 Å². The Kier molecular flexibility index (Phi) is 7.99. The molecule has 0 aliphatic carbocycles. The molecule has 0 aliphatic rings. The SMILES string of the molecule is CCNC(=NCCn1ccnc1)NC(C)c1ccc(OCC(C)C)cc1. The average Bonchev–Trinajstić information content (AvgIpc) is 3.14. The zero-order chi connectivity index (χ0) is 18.8. The molecule has 26 heavy (non-hydrogen) atoms. The van der Waals surface area contributed by atoms with Crippen LogP contribution in [-0.2, 0) is 6.54 Å². The number of nitrogens with one attached hydrogen (secondary N) is 2. The Morgan fingerprint density at radius 3 is 2.62 bits per heavy atom. The Hall–Kier alpha value is -2.50. The van der Waals surface area contributed by atoms with Gasteiger partial charge in [0.15, 0.2) is 5.96 Å². The number of guanidine groups is 1. The zero-order valence-electron chi connectivity index (χ0n) is 16.3. The summed E-state index contributed by atoms with van der Waals surface area (Å²) >= 11 is 0. The fraction of sp³-hybridized carbons (Fsp3) is 0.500. The normalized spacial score (nSPS) is 12.9. The lowest BCUT2D eigenvalue weighted by atomic mass is 10.1. The monoisotopic (exact) mass is 357 g/mol. The lowest BCUT2D eigenvalue weighted by molar-refractivity contribution is 0.271. The van der Waals surface area contributed by atoms with Crippen LogP contribution in [0.3, 0.4) is 0 Å². The fourth-order valence-electron chi connectivity index (χ4n) is 2.42. The van der Waals surface area contributed by atoms with Crippen molar-refractivity contribution in [3.8, 4) is 5.75 Å². The summed E-state index contributed by atoms with van der Waals surface area (Å²) < 4.78 is 7.77. The summed E-state index contributed by atoms with van der Waals surface area (Å²) in [6, 6.07) is 8.41. The van der Waals surface area contributed by atoms with Crippen molar-refractivity contribution >= 4 is 5.96 Å². The van der Waals surface area contributed by atoms with Crippen molar-refractivity contribution in [1.29, 1.82) is 0 Å². The topological polar surface area (TPSA) is 63.5 Å². The van der Waals surface area contributed by atoms with Crippen LogP contribution >= 0.6 is 0 Å². The summed E-state index contributed by atoms with van der Waals surface area (Å²) in [5.74, 6) is 2.26. The van der Waals surface area contributed by atoms with E-state index in [1.165, 1.54) is 5.56 Å². The van der Waals surface area contributed by atoms with Crippen LogP contribution in [0.25, 0.3) is 0 Å². The summed E-state index contributed by atoms with van der Waals surface area (Å²) in [5.41, 5.74) is 1.20. The molecular weight excluding hydrogens is 326 g/mol. The Morgan fingerprint density at radius 1 is 1.23 bits per heavy atom. The van der Waals surface area contributed by atoms with E-state index in [0.29, 0.717) is 12.5 Å². The Bertz CT molecular complexity index is 649. The molecule has 1 heterocycles. The summed E-state index contributed by atoms with van der Waals surface area (Å²) in [7, 11) is 0. The minimum absolute atomic E-state index is 0.153. The van der Waals surface area contributed by atoms with Gasteiger partial charge in [-0.05, 0) is 37.5 Å². The minimum Gasteiger partial charge on any atom is -0.493 e. The van der Waals surface area contributed by atoms with Gasteiger partial charge in [-0.25, -0.2) is 4.98 Å². The molecule has 6 heteroatoms. The number of hydrogen-bond acceptors (Lipinski definition) is 3. The van der Waals surface area contributed by atoms with Gasteiger partial charge >= 0.3 is 0 Å². The van der Waals surface area contributed by atoms with E-state index in [9.17, 15) is 0 Å². The molecule has 0 spiro atoms. The van der Waals surface area contributed by atoms with E-state index >= 15 is 0 Å². The van der Waals surface area contributed by atoms with Gasteiger partial charge in [0.1, 0.15) is 5.75 Å². The maximum absolute atomic E-state index is 5.75. The molecule has 1 unspecified atom stereocenters. The van der Waals surface area contributed by atoms with Gasteiger partial charge in [0, 0.05) is 25.5 Å². The minimum atomic E-state index is 0.153. The molecular formula is C20H31N5O. The van der Waals surface area contributed by atoms with Crippen LogP contribution in [0.5, 0.6) is 5.75 Å². The van der Waals surface area contributed by atoms with E-state index in [0.717, 1.165) is 31.4 Å². The molecule has 0 saturated heterocycles. The van der Waals surface area contributed by atoms with E-state index in [1.54, 1.807) is 12.5 Å². The largest absolute Gasteiger partial charge is 0.493 e. The summed E-state index contributed by atoms with van der Waals surface area (Å²) in [6.07, 6.45) is 5.53. The third-order valence-electron chi connectivity index (χ3n) is 3.85. The first-order chi connectivity index (χ1) is 12.6. The second kappa shape index (κ2) is 10.5. The molecule has 0 saturated carbocycles. The second-order valence-corrected chi connectivity index (χ2v) is 6.70.